The first-order valence-corrected chi connectivity index (χ1v) is 5.32. The summed E-state index contributed by atoms with van der Waals surface area (Å²) in [6.45, 7) is 0. The maximum absolute atomic E-state index is 11.2. The van der Waals surface area contributed by atoms with Crippen LogP contribution in [0.4, 0.5) is 0 Å². The molecule has 0 saturated heterocycles. The summed E-state index contributed by atoms with van der Waals surface area (Å²) in [5.74, 6) is 0.170. The highest BCUT2D eigenvalue weighted by Crippen LogP contribution is 2.25. The molecule has 15 heavy (non-hydrogen) atoms. The molecular formula is C12H12ClNO. The Kier molecular flexibility index (Phi) is 3.07. The molecule has 3 heteroatoms. The van der Waals surface area contributed by atoms with Gasteiger partial charge in [0.25, 0.3) is 0 Å². The highest BCUT2D eigenvalue weighted by atomic mass is 35.5. The number of nitrogens with one attached hydrogen (secondary N) is 1. The molecule has 1 aliphatic rings. The van der Waals surface area contributed by atoms with Crippen molar-refractivity contribution in [3.63, 3.8) is 0 Å². The third kappa shape index (κ3) is 2.60. The quantitative estimate of drug-likeness (QED) is 0.817. The summed E-state index contributed by atoms with van der Waals surface area (Å²) in [6, 6.07) is 10.1. The van der Waals surface area contributed by atoms with E-state index in [-0.39, 0.29) is 11.8 Å². The second-order valence-electron chi connectivity index (χ2n) is 3.69. The highest BCUT2D eigenvalue weighted by molar-refractivity contribution is 6.30. The minimum absolute atomic E-state index is 0.0420. The first-order chi connectivity index (χ1) is 7.25. The fourth-order valence-corrected chi connectivity index (χ4v) is 1.92. The lowest BCUT2D eigenvalue weighted by atomic mass is 9.94. The zero-order chi connectivity index (χ0) is 10.7. The van der Waals surface area contributed by atoms with E-state index in [2.05, 4.69) is 17.4 Å². The van der Waals surface area contributed by atoms with E-state index in [1.807, 2.05) is 18.2 Å². The second kappa shape index (κ2) is 4.49. The van der Waals surface area contributed by atoms with E-state index in [0.29, 0.717) is 6.42 Å². The van der Waals surface area contributed by atoms with Gasteiger partial charge in [0.2, 0.25) is 5.91 Å². The monoisotopic (exact) mass is 221 g/mol. The zero-order valence-electron chi connectivity index (χ0n) is 8.24. The van der Waals surface area contributed by atoms with Crippen LogP contribution in [0.2, 0.25) is 0 Å². The van der Waals surface area contributed by atoms with Crippen molar-refractivity contribution in [2.45, 2.75) is 12.8 Å². The summed E-state index contributed by atoms with van der Waals surface area (Å²) < 4.78 is 0. The number of amides is 1. The Labute approximate surface area is 93.9 Å². The minimum atomic E-state index is 0.0420. The SMILES string of the molecule is O=C1CC(Cc2ccccc2)C(Cl)=CN1. The van der Waals surface area contributed by atoms with Gasteiger partial charge in [0.05, 0.1) is 0 Å². The van der Waals surface area contributed by atoms with Gasteiger partial charge >= 0.3 is 0 Å². The molecule has 1 atom stereocenters. The average molecular weight is 222 g/mol. The number of carbonyl (C=O) groups excluding carboxylic acids is 1. The van der Waals surface area contributed by atoms with Gasteiger partial charge in [-0.2, -0.15) is 0 Å². The van der Waals surface area contributed by atoms with Crippen molar-refractivity contribution in [1.82, 2.24) is 5.32 Å². The van der Waals surface area contributed by atoms with Crippen LogP contribution in [0.15, 0.2) is 41.6 Å². The van der Waals surface area contributed by atoms with Gasteiger partial charge in [-0.3, -0.25) is 4.79 Å². The molecule has 1 heterocycles. The summed E-state index contributed by atoms with van der Waals surface area (Å²) in [6.07, 6.45) is 2.90. The Hall–Kier alpha value is -1.28. The molecule has 78 valence electrons. The number of halogens is 1. The van der Waals surface area contributed by atoms with E-state index in [9.17, 15) is 4.79 Å². The van der Waals surface area contributed by atoms with Crippen LogP contribution in [-0.2, 0) is 11.2 Å². The molecular weight excluding hydrogens is 210 g/mol. The summed E-state index contributed by atoms with van der Waals surface area (Å²) in [4.78, 5) is 11.2. The molecule has 0 fully saturated rings. The Morgan fingerprint density at radius 1 is 1.33 bits per heavy atom. The van der Waals surface area contributed by atoms with Gasteiger partial charge in [-0.05, 0) is 12.0 Å². The fourth-order valence-electron chi connectivity index (χ4n) is 1.72. The predicted octanol–water partition coefficient (Wildman–Crippen LogP) is 2.45. The zero-order valence-corrected chi connectivity index (χ0v) is 9.00. The van der Waals surface area contributed by atoms with Crippen LogP contribution in [0, 0.1) is 5.92 Å². The van der Waals surface area contributed by atoms with Crippen molar-refractivity contribution in [3.8, 4) is 0 Å². The van der Waals surface area contributed by atoms with Gasteiger partial charge in [0, 0.05) is 23.6 Å². The predicted molar refractivity (Wildman–Crippen MR) is 60.3 cm³/mol. The van der Waals surface area contributed by atoms with Crippen molar-refractivity contribution in [2.24, 2.45) is 5.92 Å². The van der Waals surface area contributed by atoms with Crippen LogP contribution >= 0.6 is 11.6 Å². The highest BCUT2D eigenvalue weighted by Gasteiger charge is 2.21. The van der Waals surface area contributed by atoms with Crippen molar-refractivity contribution < 1.29 is 4.79 Å². The molecule has 0 aromatic heterocycles. The molecule has 0 saturated carbocycles. The third-order valence-electron chi connectivity index (χ3n) is 2.52. The second-order valence-corrected chi connectivity index (χ2v) is 4.12. The van der Waals surface area contributed by atoms with Gasteiger partial charge in [0.1, 0.15) is 0 Å². The summed E-state index contributed by atoms with van der Waals surface area (Å²) in [5, 5.41) is 3.35. The van der Waals surface area contributed by atoms with E-state index in [4.69, 9.17) is 11.6 Å². The number of benzene rings is 1. The van der Waals surface area contributed by atoms with E-state index < -0.39 is 0 Å². The van der Waals surface area contributed by atoms with E-state index in [1.165, 1.54) is 5.56 Å². The van der Waals surface area contributed by atoms with Gasteiger partial charge in [-0.1, -0.05) is 41.9 Å². The molecule has 1 aliphatic heterocycles. The Balaban J connectivity index is 2.09. The normalized spacial score (nSPS) is 20.7. The molecule has 0 aliphatic carbocycles. The Morgan fingerprint density at radius 3 is 2.80 bits per heavy atom. The number of hydrogen-bond acceptors (Lipinski definition) is 1. The van der Waals surface area contributed by atoms with Crippen molar-refractivity contribution in [1.29, 1.82) is 0 Å². The Morgan fingerprint density at radius 2 is 2.07 bits per heavy atom. The molecule has 1 unspecified atom stereocenters. The largest absolute Gasteiger partial charge is 0.331 e. The van der Waals surface area contributed by atoms with Crippen LogP contribution in [0.1, 0.15) is 12.0 Å². The van der Waals surface area contributed by atoms with Crippen LogP contribution in [0.5, 0.6) is 0 Å². The molecule has 0 radical (unpaired) electrons. The molecule has 1 amide bonds. The Bertz CT molecular complexity index is 386. The van der Waals surface area contributed by atoms with Crippen molar-refractivity contribution in [3.05, 3.63) is 47.1 Å². The van der Waals surface area contributed by atoms with Crippen LogP contribution in [-0.4, -0.2) is 5.91 Å². The number of rotatable bonds is 2. The smallest absolute Gasteiger partial charge is 0.224 e. The van der Waals surface area contributed by atoms with Crippen LogP contribution < -0.4 is 5.32 Å². The minimum Gasteiger partial charge on any atom is -0.331 e. The molecule has 0 spiro atoms. The lowest BCUT2D eigenvalue weighted by Gasteiger charge is -2.19. The lowest BCUT2D eigenvalue weighted by Crippen LogP contribution is -2.27. The summed E-state index contributed by atoms with van der Waals surface area (Å²) >= 11 is 6.04. The number of carbonyl (C=O) groups is 1. The maximum atomic E-state index is 11.2. The number of hydrogen-bond donors (Lipinski definition) is 1. The topological polar surface area (TPSA) is 29.1 Å². The first-order valence-electron chi connectivity index (χ1n) is 4.94. The average Bonchev–Trinajstić information content (AvgIpc) is 2.25. The van der Waals surface area contributed by atoms with Gasteiger partial charge in [0.15, 0.2) is 0 Å². The van der Waals surface area contributed by atoms with E-state index >= 15 is 0 Å². The lowest BCUT2D eigenvalue weighted by molar-refractivity contribution is -0.121. The standard InChI is InChI=1S/C12H12ClNO/c13-11-8-14-12(15)7-10(11)6-9-4-2-1-3-5-9/h1-5,8,10H,6-7H2,(H,14,15). The fraction of sp³-hybridized carbons (Fsp3) is 0.250. The summed E-state index contributed by atoms with van der Waals surface area (Å²) in [5.41, 5.74) is 1.21. The van der Waals surface area contributed by atoms with Crippen LogP contribution in [0.3, 0.4) is 0 Å². The molecule has 1 aromatic rings. The number of allylic oxidation sites excluding steroid dienone is 1. The molecule has 0 bridgehead atoms. The van der Waals surface area contributed by atoms with E-state index in [0.717, 1.165) is 11.5 Å². The molecule has 1 aromatic carbocycles. The third-order valence-corrected chi connectivity index (χ3v) is 2.94. The molecule has 2 nitrogen and oxygen atoms in total. The van der Waals surface area contributed by atoms with Gasteiger partial charge in [-0.25, -0.2) is 0 Å². The first kappa shape index (κ1) is 10.2. The van der Waals surface area contributed by atoms with E-state index in [1.54, 1.807) is 6.20 Å². The van der Waals surface area contributed by atoms with Crippen LogP contribution in [0.25, 0.3) is 0 Å². The van der Waals surface area contributed by atoms with Crippen molar-refractivity contribution >= 4 is 17.5 Å². The van der Waals surface area contributed by atoms with Gasteiger partial charge < -0.3 is 5.32 Å². The molecule has 1 N–H and O–H groups in total. The van der Waals surface area contributed by atoms with Gasteiger partial charge in [-0.15, -0.1) is 0 Å². The molecule has 2 rings (SSSR count). The maximum Gasteiger partial charge on any atom is 0.224 e. The van der Waals surface area contributed by atoms with Crippen molar-refractivity contribution in [2.75, 3.05) is 0 Å². The summed E-state index contributed by atoms with van der Waals surface area (Å²) in [7, 11) is 0.